The zero-order valence-electron chi connectivity index (χ0n) is 14.9. The van der Waals surface area contributed by atoms with Gasteiger partial charge in [0.1, 0.15) is 11.5 Å². The molecule has 6 heteroatoms. The first kappa shape index (κ1) is 21.1. The van der Waals surface area contributed by atoms with Crippen molar-refractivity contribution >= 4 is 29.9 Å². The summed E-state index contributed by atoms with van der Waals surface area (Å²) in [6.45, 7) is 4.11. The summed E-state index contributed by atoms with van der Waals surface area (Å²) in [5.41, 5.74) is 2.22. The molecule has 136 valence electrons. The van der Waals surface area contributed by atoms with Crippen LogP contribution in [0.5, 0.6) is 11.5 Å². The topological polar surface area (TPSA) is 54.9 Å². The molecule has 2 aromatic carbocycles. The molecule has 25 heavy (non-hydrogen) atoms. The van der Waals surface area contributed by atoms with E-state index in [0.29, 0.717) is 13.1 Å². The molecule has 0 saturated carbocycles. The van der Waals surface area contributed by atoms with Crippen molar-refractivity contribution in [1.29, 1.82) is 0 Å². The van der Waals surface area contributed by atoms with E-state index in [0.717, 1.165) is 35.1 Å². The van der Waals surface area contributed by atoms with Crippen molar-refractivity contribution in [2.45, 2.75) is 20.0 Å². The van der Waals surface area contributed by atoms with E-state index in [2.05, 4.69) is 15.6 Å². The van der Waals surface area contributed by atoms with Gasteiger partial charge in [0.15, 0.2) is 5.96 Å². The molecule has 0 amide bonds. The van der Waals surface area contributed by atoms with E-state index in [1.807, 2.05) is 55.5 Å². The van der Waals surface area contributed by atoms with Gasteiger partial charge in [0.05, 0.1) is 20.8 Å². The third kappa shape index (κ3) is 6.81. The van der Waals surface area contributed by atoms with Crippen molar-refractivity contribution in [3.63, 3.8) is 0 Å². The molecule has 0 saturated heterocycles. The highest BCUT2D eigenvalue weighted by Gasteiger charge is 2.03. The molecular weight excluding hydrogens is 429 g/mol. The summed E-state index contributed by atoms with van der Waals surface area (Å²) in [6, 6.07) is 15.9. The number of halogens is 1. The van der Waals surface area contributed by atoms with Gasteiger partial charge in [-0.3, -0.25) is 0 Å². The molecule has 0 atom stereocenters. The van der Waals surface area contributed by atoms with Gasteiger partial charge in [-0.2, -0.15) is 0 Å². The van der Waals surface area contributed by atoms with Crippen LogP contribution in [0.3, 0.4) is 0 Å². The van der Waals surface area contributed by atoms with E-state index in [-0.39, 0.29) is 24.0 Å². The number of hydrogen-bond acceptors (Lipinski definition) is 3. The summed E-state index contributed by atoms with van der Waals surface area (Å²) in [5.74, 6) is 2.50. The molecule has 0 aromatic heterocycles. The smallest absolute Gasteiger partial charge is 0.191 e. The van der Waals surface area contributed by atoms with E-state index >= 15 is 0 Å². The zero-order valence-corrected chi connectivity index (χ0v) is 17.2. The number of ether oxygens (including phenoxy) is 2. The summed E-state index contributed by atoms with van der Waals surface area (Å²) >= 11 is 0. The van der Waals surface area contributed by atoms with E-state index in [1.54, 1.807) is 14.2 Å². The summed E-state index contributed by atoms with van der Waals surface area (Å²) in [7, 11) is 3.35. The maximum absolute atomic E-state index is 5.38. The number of methoxy groups -OCH3 is 2. The van der Waals surface area contributed by atoms with Crippen molar-refractivity contribution in [1.82, 2.24) is 10.6 Å². The van der Waals surface area contributed by atoms with Gasteiger partial charge in [0.2, 0.25) is 0 Å². The molecule has 0 spiro atoms. The lowest BCUT2D eigenvalue weighted by atomic mass is 10.2. The number of nitrogens with zero attached hydrogens (tertiary/aromatic N) is 1. The van der Waals surface area contributed by atoms with E-state index in [1.165, 1.54) is 0 Å². The predicted octanol–water partition coefficient (Wildman–Crippen LogP) is 3.58. The lowest BCUT2D eigenvalue weighted by Crippen LogP contribution is -2.36. The van der Waals surface area contributed by atoms with Crippen LogP contribution in [0.4, 0.5) is 0 Å². The fourth-order valence-corrected chi connectivity index (χ4v) is 2.27. The lowest BCUT2D eigenvalue weighted by molar-refractivity contribution is 0.409. The molecule has 0 heterocycles. The Bertz CT molecular complexity index is 660. The number of hydrogen-bond donors (Lipinski definition) is 2. The zero-order chi connectivity index (χ0) is 17.2. The second-order valence-corrected chi connectivity index (χ2v) is 5.21. The Labute approximate surface area is 166 Å². The first-order valence-electron chi connectivity index (χ1n) is 8.03. The maximum atomic E-state index is 5.38. The van der Waals surface area contributed by atoms with Crippen molar-refractivity contribution in [3.05, 3.63) is 59.7 Å². The van der Waals surface area contributed by atoms with E-state index < -0.39 is 0 Å². The first-order valence-corrected chi connectivity index (χ1v) is 8.03. The van der Waals surface area contributed by atoms with Crippen molar-refractivity contribution < 1.29 is 9.47 Å². The minimum atomic E-state index is 0. The summed E-state index contributed by atoms with van der Waals surface area (Å²) in [5, 5.41) is 6.60. The van der Waals surface area contributed by atoms with Gasteiger partial charge in [-0.05, 0) is 30.7 Å². The number of para-hydroxylation sites is 1. The average molecular weight is 455 g/mol. The summed E-state index contributed by atoms with van der Waals surface area (Å²) in [6.07, 6.45) is 0. The molecule has 0 fully saturated rings. The first-order chi connectivity index (χ1) is 11.8. The molecule has 2 rings (SSSR count). The lowest BCUT2D eigenvalue weighted by Gasteiger charge is -2.13. The Morgan fingerprint density at radius 2 is 1.68 bits per heavy atom. The minimum absolute atomic E-state index is 0. The van der Waals surface area contributed by atoms with Crippen LogP contribution in [0.2, 0.25) is 0 Å². The molecule has 0 aliphatic rings. The molecule has 0 bridgehead atoms. The second-order valence-electron chi connectivity index (χ2n) is 5.21. The van der Waals surface area contributed by atoms with Crippen molar-refractivity contribution in [3.8, 4) is 11.5 Å². The highest BCUT2D eigenvalue weighted by molar-refractivity contribution is 14.0. The van der Waals surface area contributed by atoms with Crippen LogP contribution in [0.15, 0.2) is 53.5 Å². The van der Waals surface area contributed by atoms with Gasteiger partial charge in [0.25, 0.3) is 0 Å². The summed E-state index contributed by atoms with van der Waals surface area (Å²) < 4.78 is 10.5. The van der Waals surface area contributed by atoms with E-state index in [9.17, 15) is 0 Å². The van der Waals surface area contributed by atoms with E-state index in [4.69, 9.17) is 9.47 Å². The average Bonchev–Trinajstić information content (AvgIpc) is 2.64. The molecule has 0 aliphatic heterocycles. The Hall–Kier alpha value is -1.96. The maximum Gasteiger partial charge on any atom is 0.191 e. The normalized spacial score (nSPS) is 10.6. The Morgan fingerprint density at radius 3 is 2.32 bits per heavy atom. The minimum Gasteiger partial charge on any atom is -0.497 e. The summed E-state index contributed by atoms with van der Waals surface area (Å²) in [4.78, 5) is 4.62. The van der Waals surface area contributed by atoms with Crippen LogP contribution < -0.4 is 20.1 Å². The van der Waals surface area contributed by atoms with Crippen LogP contribution in [-0.2, 0) is 13.1 Å². The number of guanidine groups is 1. The fourth-order valence-electron chi connectivity index (χ4n) is 2.27. The van der Waals surface area contributed by atoms with Gasteiger partial charge in [0, 0.05) is 18.7 Å². The van der Waals surface area contributed by atoms with Gasteiger partial charge in [-0.15, -0.1) is 24.0 Å². The van der Waals surface area contributed by atoms with Gasteiger partial charge in [-0.25, -0.2) is 4.99 Å². The molecule has 2 aromatic rings. The highest BCUT2D eigenvalue weighted by atomic mass is 127. The fraction of sp³-hybridized carbons (Fsp3) is 0.316. The Morgan fingerprint density at radius 1 is 0.960 bits per heavy atom. The van der Waals surface area contributed by atoms with Crippen molar-refractivity contribution in [2.24, 2.45) is 4.99 Å². The quantitative estimate of drug-likeness (QED) is 0.381. The van der Waals surface area contributed by atoms with Crippen LogP contribution in [0.1, 0.15) is 18.1 Å². The number of aliphatic imine (C=N–C) groups is 1. The number of rotatable bonds is 7. The molecule has 0 radical (unpaired) electrons. The second kappa shape index (κ2) is 11.6. The van der Waals surface area contributed by atoms with Gasteiger partial charge >= 0.3 is 0 Å². The van der Waals surface area contributed by atoms with Crippen LogP contribution >= 0.6 is 24.0 Å². The Kier molecular flexibility index (Phi) is 9.76. The third-order valence-corrected chi connectivity index (χ3v) is 3.56. The van der Waals surface area contributed by atoms with Gasteiger partial charge in [-0.1, -0.05) is 30.3 Å². The Balaban J connectivity index is 0.00000312. The largest absolute Gasteiger partial charge is 0.497 e. The monoisotopic (exact) mass is 455 g/mol. The molecule has 5 nitrogen and oxygen atoms in total. The van der Waals surface area contributed by atoms with Crippen LogP contribution in [0.25, 0.3) is 0 Å². The molecule has 0 aliphatic carbocycles. The SMILES string of the molecule is CCNC(=NCc1ccc(OC)cc1)NCc1ccccc1OC.I. The molecule has 2 N–H and O–H groups in total. The number of benzene rings is 2. The standard InChI is InChI=1S/C19H25N3O2.HI/c1-4-20-19(21-13-15-9-11-17(23-2)12-10-15)22-14-16-7-5-6-8-18(16)24-3;/h5-12H,4,13-14H2,1-3H3,(H2,20,21,22);1H. The highest BCUT2D eigenvalue weighted by Crippen LogP contribution is 2.16. The predicted molar refractivity (Wildman–Crippen MR) is 113 cm³/mol. The third-order valence-electron chi connectivity index (χ3n) is 3.56. The van der Waals surface area contributed by atoms with Crippen LogP contribution in [-0.4, -0.2) is 26.7 Å². The van der Waals surface area contributed by atoms with Gasteiger partial charge < -0.3 is 20.1 Å². The van der Waals surface area contributed by atoms with Crippen molar-refractivity contribution in [2.75, 3.05) is 20.8 Å². The molecular formula is C19H26IN3O2. The van der Waals surface area contributed by atoms with Crippen LogP contribution in [0, 0.1) is 0 Å². The molecule has 0 unspecified atom stereocenters. The number of nitrogens with one attached hydrogen (secondary N) is 2.